The fraction of sp³-hybridized carbons (Fsp3) is 0.125. The number of carbonyl (C=O) groups is 1. The van der Waals surface area contributed by atoms with Crippen LogP contribution < -0.4 is 5.54 Å². The molecule has 0 aliphatic rings. The summed E-state index contributed by atoms with van der Waals surface area (Å²) in [4.78, 5) is 10.7. The lowest BCUT2D eigenvalue weighted by Crippen LogP contribution is -2.23. The molecule has 2 nitrogen and oxygen atoms in total. The van der Waals surface area contributed by atoms with Gasteiger partial charge < -0.3 is 0 Å². The molecule has 0 aromatic heterocycles. The van der Waals surface area contributed by atoms with Crippen molar-refractivity contribution in [3.05, 3.63) is 29.8 Å². The van der Waals surface area contributed by atoms with E-state index in [1.807, 2.05) is 0 Å². The normalized spacial score (nSPS) is 11.1. The maximum absolute atomic E-state index is 12.0. The number of nitrogens with one attached hydrogen (secondary N) is 1. The molecule has 14 heavy (non-hydrogen) atoms. The number of rotatable bonds is 2. The van der Waals surface area contributed by atoms with Crippen molar-refractivity contribution in [1.82, 2.24) is 0 Å². The van der Waals surface area contributed by atoms with Crippen molar-refractivity contribution in [2.45, 2.75) is 6.18 Å². The molecular weight excluding hydrogens is 202 g/mol. The molecule has 0 unspecified atom stereocenters. The van der Waals surface area contributed by atoms with Crippen molar-refractivity contribution in [1.29, 1.82) is 0 Å². The Labute approximate surface area is 76.5 Å². The predicted octanol–water partition coefficient (Wildman–Crippen LogP) is 2.73. The summed E-state index contributed by atoms with van der Waals surface area (Å²) in [7, 11) is 0. The maximum Gasteiger partial charge on any atom is 0.454 e. The highest BCUT2D eigenvalue weighted by atomic mass is 19.4. The first-order valence-corrected chi connectivity index (χ1v) is 3.54. The molecule has 0 aliphatic carbocycles. The van der Waals surface area contributed by atoms with E-state index in [2.05, 4.69) is 0 Å². The number of ketones is 1. The van der Waals surface area contributed by atoms with Crippen LogP contribution in [0.15, 0.2) is 24.3 Å². The maximum atomic E-state index is 12.0. The van der Waals surface area contributed by atoms with Crippen LogP contribution in [0.5, 0.6) is 0 Å². The van der Waals surface area contributed by atoms with Gasteiger partial charge in [0.25, 0.3) is 5.78 Å². The monoisotopic (exact) mass is 207 g/mol. The molecule has 0 aliphatic heterocycles. The van der Waals surface area contributed by atoms with Crippen molar-refractivity contribution in [2.75, 3.05) is 5.54 Å². The van der Waals surface area contributed by atoms with Crippen molar-refractivity contribution < 1.29 is 22.4 Å². The van der Waals surface area contributed by atoms with Gasteiger partial charge in [0.2, 0.25) is 0 Å². The van der Waals surface area contributed by atoms with Crippen molar-refractivity contribution in [3.63, 3.8) is 0 Å². The minimum absolute atomic E-state index is 0.491. The van der Waals surface area contributed by atoms with Crippen LogP contribution in [0, 0.1) is 0 Å². The van der Waals surface area contributed by atoms with Crippen LogP contribution in [0.25, 0.3) is 0 Å². The largest absolute Gasteiger partial charge is 0.454 e. The second-order valence-electron chi connectivity index (χ2n) is 2.47. The first-order chi connectivity index (χ1) is 6.46. The fourth-order valence-electron chi connectivity index (χ4n) is 0.916. The van der Waals surface area contributed by atoms with Gasteiger partial charge in [0.15, 0.2) is 0 Å². The molecule has 0 atom stereocenters. The number of hydrogen-bond donors (Lipinski definition) is 1. The van der Waals surface area contributed by atoms with Gasteiger partial charge in [0.05, 0.1) is 11.3 Å². The van der Waals surface area contributed by atoms with E-state index in [-0.39, 0.29) is 0 Å². The Morgan fingerprint density at radius 1 is 1.21 bits per heavy atom. The molecule has 0 saturated carbocycles. The zero-order valence-electron chi connectivity index (χ0n) is 6.73. The quantitative estimate of drug-likeness (QED) is 0.459. The summed E-state index contributed by atoms with van der Waals surface area (Å²) in [6, 6.07) is 4.48. The van der Waals surface area contributed by atoms with E-state index in [1.165, 1.54) is 12.1 Å². The number of carbonyl (C=O) groups excluding carboxylic acids is 1. The first-order valence-electron chi connectivity index (χ1n) is 3.54. The summed E-state index contributed by atoms with van der Waals surface area (Å²) in [5, 5.41) is 0. The second kappa shape index (κ2) is 3.65. The standard InChI is InChI=1S/C8H5F4NO/c9-8(10,11)7(14)5-3-1-2-4-6(5)13-12/h1-4,13H. The van der Waals surface area contributed by atoms with Crippen LogP contribution in [-0.2, 0) is 0 Å². The number of alkyl halides is 3. The third-order valence-corrected chi connectivity index (χ3v) is 1.53. The molecule has 1 aromatic carbocycles. The van der Waals surface area contributed by atoms with Gasteiger partial charge in [-0.1, -0.05) is 12.1 Å². The van der Waals surface area contributed by atoms with E-state index >= 15 is 0 Å². The van der Waals surface area contributed by atoms with Gasteiger partial charge in [-0.2, -0.15) is 13.2 Å². The van der Waals surface area contributed by atoms with Crippen LogP contribution >= 0.6 is 0 Å². The highest BCUT2D eigenvalue weighted by molar-refractivity contribution is 6.04. The van der Waals surface area contributed by atoms with Gasteiger partial charge in [-0.3, -0.25) is 4.79 Å². The topological polar surface area (TPSA) is 29.1 Å². The molecule has 0 fully saturated rings. The Morgan fingerprint density at radius 2 is 1.79 bits per heavy atom. The molecule has 6 heteroatoms. The zero-order valence-corrected chi connectivity index (χ0v) is 6.73. The summed E-state index contributed by atoms with van der Waals surface area (Å²) in [6.45, 7) is 0. The molecule has 0 spiro atoms. The van der Waals surface area contributed by atoms with Gasteiger partial charge in [-0.25, -0.2) is 5.54 Å². The number of Topliss-reactive ketones (excluding diaryl/α,β-unsaturated/α-hetero) is 1. The van der Waals surface area contributed by atoms with Crippen LogP contribution in [0.2, 0.25) is 0 Å². The zero-order chi connectivity index (χ0) is 10.8. The highest BCUT2D eigenvalue weighted by Gasteiger charge is 2.40. The Bertz CT molecular complexity index is 347. The van der Waals surface area contributed by atoms with E-state index in [4.69, 9.17) is 0 Å². The number of halogens is 4. The lowest BCUT2D eigenvalue weighted by molar-refractivity contribution is -0.0884. The minimum atomic E-state index is -4.99. The smallest absolute Gasteiger partial charge is 0.284 e. The minimum Gasteiger partial charge on any atom is -0.284 e. The number of para-hydroxylation sites is 1. The van der Waals surface area contributed by atoms with Crippen LogP contribution in [0.4, 0.5) is 23.3 Å². The summed E-state index contributed by atoms with van der Waals surface area (Å²) < 4.78 is 47.8. The molecule has 0 bridgehead atoms. The average molecular weight is 207 g/mol. The average Bonchev–Trinajstić information content (AvgIpc) is 2.15. The van der Waals surface area contributed by atoms with Gasteiger partial charge in [0.1, 0.15) is 0 Å². The Balaban J connectivity index is 3.13. The van der Waals surface area contributed by atoms with E-state index < -0.39 is 23.2 Å². The molecule has 1 N–H and O–H groups in total. The molecule has 0 radical (unpaired) electrons. The lowest BCUT2D eigenvalue weighted by atomic mass is 10.1. The number of hydrogen-bond acceptors (Lipinski definition) is 2. The highest BCUT2D eigenvalue weighted by Crippen LogP contribution is 2.25. The predicted molar refractivity (Wildman–Crippen MR) is 41.6 cm³/mol. The Kier molecular flexibility index (Phi) is 2.73. The molecule has 0 saturated heterocycles. The van der Waals surface area contributed by atoms with E-state index in [0.29, 0.717) is 0 Å². The van der Waals surface area contributed by atoms with Crippen molar-refractivity contribution in [2.24, 2.45) is 0 Å². The van der Waals surface area contributed by atoms with Crippen LogP contribution in [0.1, 0.15) is 10.4 Å². The van der Waals surface area contributed by atoms with Crippen molar-refractivity contribution in [3.8, 4) is 0 Å². The molecule has 0 amide bonds. The third-order valence-electron chi connectivity index (χ3n) is 1.53. The fourth-order valence-corrected chi connectivity index (χ4v) is 0.916. The summed E-state index contributed by atoms with van der Waals surface area (Å²) in [6.07, 6.45) is -4.99. The summed E-state index contributed by atoms with van der Waals surface area (Å²) in [5.41, 5.74) is -0.197. The Morgan fingerprint density at radius 3 is 2.29 bits per heavy atom. The number of anilines is 1. The molecule has 0 heterocycles. The van der Waals surface area contributed by atoms with Gasteiger partial charge in [-0.05, 0) is 12.1 Å². The van der Waals surface area contributed by atoms with Gasteiger partial charge in [0, 0.05) is 0 Å². The Hall–Kier alpha value is -1.59. The van der Waals surface area contributed by atoms with Gasteiger partial charge in [-0.15, -0.1) is 4.48 Å². The lowest BCUT2D eigenvalue weighted by Gasteiger charge is -2.07. The summed E-state index contributed by atoms with van der Waals surface area (Å²) >= 11 is 0. The molecule has 76 valence electrons. The van der Waals surface area contributed by atoms with Crippen LogP contribution in [-0.4, -0.2) is 12.0 Å². The van der Waals surface area contributed by atoms with Gasteiger partial charge >= 0.3 is 6.18 Å². The summed E-state index contributed by atoms with van der Waals surface area (Å²) in [5.74, 6) is -2.07. The van der Waals surface area contributed by atoms with Crippen LogP contribution in [0.3, 0.4) is 0 Å². The van der Waals surface area contributed by atoms with Crippen molar-refractivity contribution >= 4 is 11.5 Å². The van der Waals surface area contributed by atoms with E-state index in [1.54, 1.807) is 0 Å². The SMILES string of the molecule is O=C(c1ccccc1NF)C(F)(F)F. The molecule has 1 rings (SSSR count). The third kappa shape index (κ3) is 2.01. The van der Waals surface area contributed by atoms with E-state index in [9.17, 15) is 22.4 Å². The number of benzene rings is 1. The second-order valence-corrected chi connectivity index (χ2v) is 2.47. The molecule has 1 aromatic rings. The first kappa shape index (κ1) is 10.5. The molecular formula is C8H5F4NO. The van der Waals surface area contributed by atoms with E-state index in [0.717, 1.165) is 17.7 Å².